The Bertz CT molecular complexity index is 1400. The molecule has 0 fully saturated rings. The maximum atomic E-state index is 13.8. The molecule has 5 rings (SSSR count). The van der Waals surface area contributed by atoms with Crippen LogP contribution < -0.4 is 11.1 Å². The molecule has 1 aromatic heterocycles. The number of rotatable bonds is 5. The smallest absolute Gasteiger partial charge is 0.161 e. The van der Waals surface area contributed by atoms with Crippen LogP contribution in [0.4, 0.5) is 21.6 Å². The van der Waals surface area contributed by atoms with E-state index in [2.05, 4.69) is 21.2 Å². The van der Waals surface area contributed by atoms with Gasteiger partial charge in [0.15, 0.2) is 5.82 Å². The zero-order valence-electron chi connectivity index (χ0n) is 17.5. The summed E-state index contributed by atoms with van der Waals surface area (Å²) in [7, 11) is 0. The Morgan fingerprint density at radius 3 is 2.09 bits per heavy atom. The van der Waals surface area contributed by atoms with Crippen molar-refractivity contribution in [3.8, 4) is 28.1 Å². The van der Waals surface area contributed by atoms with Gasteiger partial charge in [-0.05, 0) is 66.2 Å². The van der Waals surface area contributed by atoms with Crippen molar-refractivity contribution in [2.75, 3.05) is 11.1 Å². The van der Waals surface area contributed by atoms with Crippen LogP contribution in [0.2, 0.25) is 0 Å². The number of halogens is 2. The van der Waals surface area contributed by atoms with E-state index in [0.29, 0.717) is 11.5 Å². The maximum absolute atomic E-state index is 13.8. The number of nitrogens with zero attached hydrogens (tertiary/aromatic N) is 2. The summed E-state index contributed by atoms with van der Waals surface area (Å²) in [5, 5.41) is 8.41. The summed E-state index contributed by atoms with van der Waals surface area (Å²) in [5.41, 5.74) is 12.1. The fourth-order valence-electron chi connectivity index (χ4n) is 3.78. The lowest BCUT2D eigenvalue weighted by atomic mass is 10.00. The summed E-state index contributed by atoms with van der Waals surface area (Å²) in [6, 6.07) is 31.9. The fraction of sp³-hybridized carbons (Fsp3) is 0. The topological polar surface area (TPSA) is 55.9 Å². The second-order valence-electron chi connectivity index (χ2n) is 7.55. The largest absolute Gasteiger partial charge is 0.397 e. The van der Waals surface area contributed by atoms with Gasteiger partial charge in [0.25, 0.3) is 0 Å². The molecule has 0 amide bonds. The fourth-order valence-corrected chi connectivity index (χ4v) is 4.05. The molecule has 4 aromatic carbocycles. The Labute approximate surface area is 199 Å². The van der Waals surface area contributed by atoms with Crippen molar-refractivity contribution in [1.29, 1.82) is 0 Å². The molecule has 6 heteroatoms. The molecule has 1 heterocycles. The van der Waals surface area contributed by atoms with E-state index in [1.54, 1.807) is 12.1 Å². The molecule has 162 valence electrons. The van der Waals surface area contributed by atoms with Gasteiger partial charge in [-0.15, -0.1) is 5.10 Å². The molecule has 0 aliphatic heterocycles. The van der Waals surface area contributed by atoms with E-state index in [4.69, 9.17) is 10.8 Å². The second-order valence-corrected chi connectivity index (χ2v) is 8.46. The first-order valence-corrected chi connectivity index (χ1v) is 11.2. The third-order valence-corrected chi connectivity index (χ3v) is 5.87. The normalized spacial score (nSPS) is 10.8. The van der Waals surface area contributed by atoms with Gasteiger partial charge in [0.1, 0.15) is 5.82 Å². The zero-order valence-corrected chi connectivity index (χ0v) is 19.1. The number of aromatic nitrogens is 2. The van der Waals surface area contributed by atoms with Crippen LogP contribution in [0, 0.1) is 5.82 Å². The van der Waals surface area contributed by atoms with Crippen LogP contribution in [0.5, 0.6) is 0 Å². The number of hydrogen-bond donors (Lipinski definition) is 2. The van der Waals surface area contributed by atoms with Crippen molar-refractivity contribution in [3.63, 3.8) is 0 Å². The Balaban J connectivity index is 1.82. The SMILES string of the molecule is Nc1ccccc1-n1nc(Nc2ccccc2)c(-c2ccc(Br)cc2)c1-c1ccc(F)cc1. The van der Waals surface area contributed by atoms with Crippen molar-refractivity contribution >= 4 is 33.1 Å². The summed E-state index contributed by atoms with van der Waals surface area (Å²) in [4.78, 5) is 0. The molecule has 33 heavy (non-hydrogen) atoms. The second kappa shape index (κ2) is 8.92. The third kappa shape index (κ3) is 4.25. The minimum Gasteiger partial charge on any atom is -0.397 e. The lowest BCUT2D eigenvalue weighted by molar-refractivity contribution is 0.628. The monoisotopic (exact) mass is 498 g/mol. The van der Waals surface area contributed by atoms with Gasteiger partial charge in [0.05, 0.1) is 22.6 Å². The van der Waals surface area contributed by atoms with Crippen LogP contribution >= 0.6 is 15.9 Å². The molecule has 0 atom stereocenters. The first-order chi connectivity index (χ1) is 16.1. The highest BCUT2D eigenvalue weighted by Crippen LogP contribution is 2.41. The van der Waals surface area contributed by atoms with E-state index >= 15 is 0 Å². The molecule has 3 N–H and O–H groups in total. The number of anilines is 3. The highest BCUT2D eigenvalue weighted by Gasteiger charge is 2.23. The maximum Gasteiger partial charge on any atom is 0.161 e. The molecule has 0 aliphatic carbocycles. The van der Waals surface area contributed by atoms with Crippen molar-refractivity contribution in [3.05, 3.63) is 113 Å². The minimum atomic E-state index is -0.295. The molecule has 0 radical (unpaired) electrons. The number of para-hydroxylation sites is 3. The highest BCUT2D eigenvalue weighted by atomic mass is 79.9. The van der Waals surface area contributed by atoms with Crippen LogP contribution in [0.3, 0.4) is 0 Å². The van der Waals surface area contributed by atoms with Gasteiger partial charge in [-0.1, -0.05) is 58.4 Å². The average molecular weight is 499 g/mol. The van der Waals surface area contributed by atoms with E-state index in [1.165, 1.54) is 12.1 Å². The molecule has 0 aliphatic rings. The van der Waals surface area contributed by atoms with Gasteiger partial charge in [-0.25, -0.2) is 9.07 Å². The minimum absolute atomic E-state index is 0.295. The summed E-state index contributed by atoms with van der Waals surface area (Å²) < 4.78 is 16.6. The van der Waals surface area contributed by atoms with E-state index in [-0.39, 0.29) is 5.82 Å². The molecule has 0 saturated carbocycles. The Morgan fingerprint density at radius 1 is 0.758 bits per heavy atom. The first-order valence-electron chi connectivity index (χ1n) is 10.4. The van der Waals surface area contributed by atoms with Crippen LogP contribution in [0.25, 0.3) is 28.1 Å². The van der Waals surface area contributed by atoms with E-state index in [0.717, 1.165) is 38.2 Å². The molecule has 5 aromatic rings. The van der Waals surface area contributed by atoms with Crippen LogP contribution in [0.1, 0.15) is 0 Å². The lowest BCUT2D eigenvalue weighted by Gasteiger charge is -2.12. The summed E-state index contributed by atoms with van der Waals surface area (Å²) in [6.07, 6.45) is 0. The van der Waals surface area contributed by atoms with Gasteiger partial charge in [-0.2, -0.15) is 0 Å². The Kier molecular flexibility index (Phi) is 5.67. The number of nitrogen functional groups attached to an aromatic ring is 1. The predicted molar refractivity (Wildman–Crippen MR) is 136 cm³/mol. The van der Waals surface area contributed by atoms with Crippen molar-refractivity contribution in [1.82, 2.24) is 9.78 Å². The van der Waals surface area contributed by atoms with E-state index in [9.17, 15) is 4.39 Å². The van der Waals surface area contributed by atoms with Crippen LogP contribution in [0.15, 0.2) is 108 Å². The summed E-state index contributed by atoms with van der Waals surface area (Å²) in [6.45, 7) is 0. The van der Waals surface area contributed by atoms with Crippen molar-refractivity contribution in [2.24, 2.45) is 0 Å². The van der Waals surface area contributed by atoms with Gasteiger partial charge < -0.3 is 11.1 Å². The van der Waals surface area contributed by atoms with Gasteiger partial charge in [0.2, 0.25) is 0 Å². The molecule has 0 unspecified atom stereocenters. The third-order valence-electron chi connectivity index (χ3n) is 5.34. The molecular formula is C27H20BrFN4. The number of nitrogens with two attached hydrogens (primary N) is 1. The highest BCUT2D eigenvalue weighted by molar-refractivity contribution is 9.10. The lowest BCUT2D eigenvalue weighted by Crippen LogP contribution is -2.03. The average Bonchev–Trinajstić information content (AvgIpc) is 3.19. The molecule has 0 spiro atoms. The summed E-state index contributed by atoms with van der Waals surface area (Å²) in [5.74, 6) is 0.378. The van der Waals surface area contributed by atoms with Crippen molar-refractivity contribution in [2.45, 2.75) is 0 Å². The van der Waals surface area contributed by atoms with Gasteiger partial charge >= 0.3 is 0 Å². The van der Waals surface area contributed by atoms with Crippen LogP contribution in [-0.2, 0) is 0 Å². The van der Waals surface area contributed by atoms with Crippen molar-refractivity contribution < 1.29 is 4.39 Å². The molecular weight excluding hydrogens is 479 g/mol. The molecule has 0 bridgehead atoms. The number of nitrogens with one attached hydrogen (secondary N) is 1. The predicted octanol–water partition coefficient (Wildman–Crippen LogP) is 7.43. The number of benzene rings is 4. The van der Waals surface area contributed by atoms with Gasteiger partial charge in [0, 0.05) is 15.7 Å². The van der Waals surface area contributed by atoms with Gasteiger partial charge in [-0.3, -0.25) is 0 Å². The van der Waals surface area contributed by atoms with Crippen LogP contribution in [-0.4, -0.2) is 9.78 Å². The zero-order chi connectivity index (χ0) is 22.8. The Hall–Kier alpha value is -3.90. The molecule has 4 nitrogen and oxygen atoms in total. The standard InChI is InChI=1S/C27H20BrFN4/c28-20-14-10-18(11-15-20)25-26(19-12-16-21(29)17-13-19)33(24-9-5-4-8-23(24)30)32-27(25)31-22-6-2-1-3-7-22/h1-17H,30H2,(H,31,32). The molecule has 0 saturated heterocycles. The van der Waals surface area contributed by atoms with E-state index in [1.807, 2.05) is 83.5 Å². The summed E-state index contributed by atoms with van der Waals surface area (Å²) >= 11 is 3.52. The quantitative estimate of drug-likeness (QED) is 0.247. The van der Waals surface area contributed by atoms with E-state index < -0.39 is 0 Å². The first kappa shape index (κ1) is 21.0. The Morgan fingerprint density at radius 2 is 1.39 bits per heavy atom. The number of hydrogen-bond acceptors (Lipinski definition) is 3.